The van der Waals surface area contributed by atoms with Gasteiger partial charge in [0, 0.05) is 17.8 Å². The molecular formula is C14H15N. The Kier molecular flexibility index (Phi) is 1.98. The van der Waals surface area contributed by atoms with Crippen LogP contribution in [0.2, 0.25) is 0 Å². The predicted molar refractivity (Wildman–Crippen MR) is 62.9 cm³/mol. The van der Waals surface area contributed by atoms with E-state index in [-0.39, 0.29) is 0 Å². The molecule has 0 unspecified atom stereocenters. The van der Waals surface area contributed by atoms with Crippen LogP contribution >= 0.6 is 0 Å². The van der Waals surface area contributed by atoms with Gasteiger partial charge in [-0.15, -0.1) is 0 Å². The summed E-state index contributed by atoms with van der Waals surface area (Å²) in [5.74, 6) is 1.71. The van der Waals surface area contributed by atoms with Gasteiger partial charge in [0.05, 0.1) is 0 Å². The molecule has 15 heavy (non-hydrogen) atoms. The second-order valence-corrected chi connectivity index (χ2v) is 4.45. The molecule has 1 heterocycles. The van der Waals surface area contributed by atoms with Gasteiger partial charge in [0.15, 0.2) is 0 Å². The zero-order chi connectivity index (χ0) is 10.3. The fraction of sp³-hybridized carbons (Fsp3) is 0.357. The minimum Gasteiger partial charge on any atom is -0.264 e. The van der Waals surface area contributed by atoms with Gasteiger partial charge in [-0.1, -0.05) is 31.5 Å². The van der Waals surface area contributed by atoms with Crippen molar-refractivity contribution in [1.29, 1.82) is 0 Å². The molecule has 0 radical (unpaired) electrons. The van der Waals surface area contributed by atoms with E-state index in [2.05, 4.69) is 36.2 Å². The maximum absolute atomic E-state index is 4.23. The second-order valence-electron chi connectivity index (χ2n) is 4.45. The van der Waals surface area contributed by atoms with Crippen molar-refractivity contribution in [2.45, 2.75) is 25.7 Å². The van der Waals surface area contributed by atoms with Crippen LogP contribution in [0.3, 0.4) is 0 Å². The predicted octanol–water partition coefficient (Wildman–Crippen LogP) is 3.75. The first kappa shape index (κ1) is 8.90. The van der Waals surface area contributed by atoms with Crippen LogP contribution in [0.25, 0.3) is 10.8 Å². The highest BCUT2D eigenvalue weighted by Crippen LogP contribution is 2.50. The summed E-state index contributed by atoms with van der Waals surface area (Å²) in [6, 6.07) is 8.71. The number of rotatable bonds is 2. The van der Waals surface area contributed by atoms with Gasteiger partial charge >= 0.3 is 0 Å². The summed E-state index contributed by atoms with van der Waals surface area (Å²) in [7, 11) is 0. The summed E-state index contributed by atoms with van der Waals surface area (Å²) in [6.45, 7) is 2.29. The van der Waals surface area contributed by atoms with Gasteiger partial charge in [-0.3, -0.25) is 4.98 Å². The average Bonchev–Trinajstić information content (AvgIpc) is 3.07. The Hall–Kier alpha value is -1.37. The fourth-order valence-corrected chi connectivity index (χ4v) is 2.54. The van der Waals surface area contributed by atoms with Gasteiger partial charge in [0.1, 0.15) is 0 Å². The molecule has 1 aliphatic carbocycles. The van der Waals surface area contributed by atoms with E-state index in [0.717, 1.165) is 11.8 Å². The van der Waals surface area contributed by atoms with Gasteiger partial charge in [0.2, 0.25) is 0 Å². The zero-order valence-corrected chi connectivity index (χ0v) is 8.98. The Bertz CT molecular complexity index is 484. The van der Waals surface area contributed by atoms with E-state index < -0.39 is 0 Å². The van der Waals surface area contributed by atoms with E-state index in [1.54, 1.807) is 0 Å². The second kappa shape index (κ2) is 3.34. The van der Waals surface area contributed by atoms with E-state index in [1.165, 1.54) is 29.2 Å². The molecule has 1 saturated carbocycles. The Balaban J connectivity index is 2.11. The smallest absolute Gasteiger partial charge is 0.0349 e. The van der Waals surface area contributed by atoms with Crippen LogP contribution in [-0.4, -0.2) is 4.98 Å². The lowest BCUT2D eigenvalue weighted by Gasteiger charge is -2.04. The minimum absolute atomic E-state index is 0.794. The summed E-state index contributed by atoms with van der Waals surface area (Å²) in [4.78, 5) is 4.23. The number of benzene rings is 1. The van der Waals surface area contributed by atoms with Crippen molar-refractivity contribution in [2.75, 3.05) is 0 Å². The molecule has 0 bridgehead atoms. The average molecular weight is 197 g/mol. The third kappa shape index (κ3) is 1.43. The summed E-state index contributed by atoms with van der Waals surface area (Å²) in [5.41, 5.74) is 1.51. The molecule has 1 aromatic heterocycles. The molecule has 1 aliphatic rings. The van der Waals surface area contributed by atoms with Crippen molar-refractivity contribution < 1.29 is 0 Å². The first-order chi connectivity index (χ1) is 7.40. The highest BCUT2D eigenvalue weighted by atomic mass is 14.6. The number of hydrogen-bond donors (Lipinski definition) is 0. The van der Waals surface area contributed by atoms with Crippen LogP contribution in [-0.2, 0) is 0 Å². The molecule has 76 valence electrons. The van der Waals surface area contributed by atoms with Crippen LogP contribution in [0.1, 0.15) is 31.2 Å². The van der Waals surface area contributed by atoms with E-state index in [1.807, 2.05) is 12.4 Å². The van der Waals surface area contributed by atoms with Crippen LogP contribution in [0.5, 0.6) is 0 Å². The first-order valence-corrected chi connectivity index (χ1v) is 5.72. The first-order valence-electron chi connectivity index (χ1n) is 5.72. The van der Waals surface area contributed by atoms with Crippen molar-refractivity contribution in [3.8, 4) is 0 Å². The molecule has 1 nitrogen and oxygen atoms in total. The van der Waals surface area contributed by atoms with Crippen molar-refractivity contribution in [3.05, 3.63) is 42.2 Å². The van der Waals surface area contributed by atoms with Crippen LogP contribution in [0, 0.1) is 5.92 Å². The zero-order valence-electron chi connectivity index (χ0n) is 8.98. The summed E-state index contributed by atoms with van der Waals surface area (Å²) in [6.07, 6.45) is 6.55. The Morgan fingerprint density at radius 1 is 1.33 bits per heavy atom. The van der Waals surface area contributed by atoms with E-state index in [4.69, 9.17) is 0 Å². The van der Waals surface area contributed by atoms with E-state index >= 15 is 0 Å². The molecule has 3 rings (SSSR count). The van der Waals surface area contributed by atoms with E-state index in [9.17, 15) is 0 Å². The van der Waals surface area contributed by atoms with Crippen molar-refractivity contribution >= 4 is 10.8 Å². The Morgan fingerprint density at radius 2 is 2.27 bits per heavy atom. The molecule has 0 aliphatic heterocycles. The SMILES string of the molecule is CC[C@H]1C[C@@H]1c1cccc2ccncc12. The lowest BCUT2D eigenvalue weighted by molar-refractivity contribution is 0.768. The maximum Gasteiger partial charge on any atom is 0.0349 e. The monoisotopic (exact) mass is 197 g/mol. The Labute approximate surface area is 90.2 Å². The van der Waals surface area contributed by atoms with Crippen LogP contribution in [0.15, 0.2) is 36.7 Å². The van der Waals surface area contributed by atoms with Crippen LogP contribution in [0.4, 0.5) is 0 Å². The lowest BCUT2D eigenvalue weighted by atomic mass is 10.0. The number of fused-ring (bicyclic) bond motifs is 1. The molecule has 1 fully saturated rings. The molecule has 1 heteroatoms. The summed E-state index contributed by atoms with van der Waals surface area (Å²) in [5, 5.41) is 2.67. The molecule has 0 amide bonds. The molecule has 2 aromatic rings. The standard InChI is InChI=1S/C14H15N/c1-2-10-8-13(10)12-5-3-4-11-6-7-15-9-14(11)12/h3-7,9-10,13H,2,8H2,1H3/t10-,13-/m0/s1. The molecule has 2 atom stereocenters. The van der Waals surface area contributed by atoms with Gasteiger partial charge in [-0.25, -0.2) is 0 Å². The van der Waals surface area contributed by atoms with Crippen LogP contribution < -0.4 is 0 Å². The van der Waals surface area contributed by atoms with Crippen molar-refractivity contribution in [2.24, 2.45) is 5.92 Å². The molecule has 0 N–H and O–H groups in total. The van der Waals surface area contributed by atoms with Gasteiger partial charge in [-0.2, -0.15) is 0 Å². The molecule has 0 spiro atoms. The third-order valence-corrected chi connectivity index (χ3v) is 3.56. The topological polar surface area (TPSA) is 12.9 Å². The molecule has 1 aromatic carbocycles. The highest BCUT2D eigenvalue weighted by molar-refractivity contribution is 5.85. The van der Waals surface area contributed by atoms with Crippen molar-refractivity contribution in [3.63, 3.8) is 0 Å². The number of aromatic nitrogens is 1. The van der Waals surface area contributed by atoms with E-state index in [0.29, 0.717) is 0 Å². The fourth-order valence-electron chi connectivity index (χ4n) is 2.54. The lowest BCUT2D eigenvalue weighted by Crippen LogP contribution is -1.86. The summed E-state index contributed by atoms with van der Waals surface area (Å²) >= 11 is 0. The van der Waals surface area contributed by atoms with Gasteiger partial charge in [0.25, 0.3) is 0 Å². The van der Waals surface area contributed by atoms with Gasteiger partial charge < -0.3 is 0 Å². The normalized spacial score (nSPS) is 24.3. The summed E-state index contributed by atoms with van der Waals surface area (Å²) < 4.78 is 0. The number of pyridine rings is 1. The van der Waals surface area contributed by atoms with Gasteiger partial charge in [-0.05, 0) is 35.3 Å². The largest absolute Gasteiger partial charge is 0.264 e. The molecular weight excluding hydrogens is 182 g/mol. The highest BCUT2D eigenvalue weighted by Gasteiger charge is 2.37. The quantitative estimate of drug-likeness (QED) is 0.714. The Morgan fingerprint density at radius 3 is 3.07 bits per heavy atom. The molecule has 0 saturated heterocycles. The van der Waals surface area contributed by atoms with Crippen molar-refractivity contribution in [1.82, 2.24) is 4.98 Å². The number of hydrogen-bond acceptors (Lipinski definition) is 1. The maximum atomic E-state index is 4.23. The minimum atomic E-state index is 0.794. The number of nitrogens with zero attached hydrogens (tertiary/aromatic N) is 1. The third-order valence-electron chi connectivity index (χ3n) is 3.56.